The normalized spacial score (nSPS) is 10.9. The van der Waals surface area contributed by atoms with E-state index in [1.165, 1.54) is 36.4 Å². The maximum atomic E-state index is 12.2. The number of rotatable bonds is 7. The molecule has 0 atom stereocenters. The minimum absolute atomic E-state index is 0.00678. The van der Waals surface area contributed by atoms with Crippen LogP contribution < -0.4 is 10.2 Å². The van der Waals surface area contributed by atoms with Crippen LogP contribution in [0.25, 0.3) is 6.08 Å². The number of hydrogen-bond donors (Lipinski definition) is 2. The van der Waals surface area contributed by atoms with Gasteiger partial charge in [0.05, 0.1) is 16.7 Å². The third-order valence-electron chi connectivity index (χ3n) is 4.22. The Bertz CT molecular complexity index is 1260. The third kappa shape index (κ3) is 6.49. The second kappa shape index (κ2) is 10.7. The van der Waals surface area contributed by atoms with Gasteiger partial charge in [0.2, 0.25) is 0 Å². The van der Waals surface area contributed by atoms with Gasteiger partial charge in [-0.05, 0) is 42.0 Å². The number of nitrogens with zero attached hydrogens (tertiary/aromatic N) is 2. The summed E-state index contributed by atoms with van der Waals surface area (Å²) < 4.78 is 5.27. The summed E-state index contributed by atoms with van der Waals surface area (Å²) in [6.07, 6.45) is 3.80. The average molecular weight is 466 g/mol. The lowest BCUT2D eigenvalue weighted by Crippen LogP contribution is -2.17. The van der Waals surface area contributed by atoms with Crippen LogP contribution >= 0.6 is 11.6 Å². The van der Waals surface area contributed by atoms with E-state index in [9.17, 15) is 24.8 Å². The van der Waals surface area contributed by atoms with E-state index in [1.807, 2.05) is 0 Å². The number of carbonyl (C=O) groups excluding carboxylic acids is 2. The summed E-state index contributed by atoms with van der Waals surface area (Å²) in [6, 6.07) is 16.2. The number of aromatic hydroxyl groups is 1. The van der Waals surface area contributed by atoms with Crippen LogP contribution in [0.5, 0.6) is 11.5 Å². The van der Waals surface area contributed by atoms with Crippen molar-refractivity contribution < 1.29 is 24.4 Å². The van der Waals surface area contributed by atoms with E-state index in [0.717, 1.165) is 12.3 Å². The maximum Gasteiger partial charge on any atom is 0.336 e. The number of nitro benzene ring substituents is 1. The van der Waals surface area contributed by atoms with Crippen molar-refractivity contribution >= 4 is 41.5 Å². The second-order valence-corrected chi connectivity index (χ2v) is 6.94. The molecule has 0 fully saturated rings. The molecule has 0 spiro atoms. The first-order valence-electron chi connectivity index (χ1n) is 9.39. The molecule has 166 valence electrons. The SMILES string of the molecule is O=C(/C=C/c1ccc(Cl)cc1)Oc1ccc([N+](=O)[O-])cc1/C=N/NC(=O)c1ccccc1O. The number of nitrogens with one attached hydrogen (secondary N) is 1. The second-order valence-electron chi connectivity index (χ2n) is 6.50. The summed E-state index contributed by atoms with van der Waals surface area (Å²) in [5.41, 5.74) is 2.73. The maximum absolute atomic E-state index is 12.2. The van der Waals surface area contributed by atoms with Gasteiger partial charge >= 0.3 is 5.97 Å². The van der Waals surface area contributed by atoms with Crippen LogP contribution in [-0.4, -0.2) is 28.1 Å². The van der Waals surface area contributed by atoms with Gasteiger partial charge in [0.25, 0.3) is 11.6 Å². The fourth-order valence-corrected chi connectivity index (χ4v) is 2.74. The van der Waals surface area contributed by atoms with Crippen molar-refractivity contribution in [2.45, 2.75) is 0 Å². The van der Waals surface area contributed by atoms with Gasteiger partial charge in [0.15, 0.2) is 0 Å². The van der Waals surface area contributed by atoms with E-state index < -0.39 is 16.8 Å². The summed E-state index contributed by atoms with van der Waals surface area (Å²) >= 11 is 5.82. The van der Waals surface area contributed by atoms with Crippen LogP contribution in [0.1, 0.15) is 21.5 Å². The van der Waals surface area contributed by atoms with Gasteiger partial charge in [-0.1, -0.05) is 35.9 Å². The van der Waals surface area contributed by atoms with E-state index in [2.05, 4.69) is 10.5 Å². The molecule has 0 aromatic heterocycles. The molecule has 2 N–H and O–H groups in total. The Morgan fingerprint density at radius 1 is 1.09 bits per heavy atom. The van der Waals surface area contributed by atoms with Crippen molar-refractivity contribution in [2.24, 2.45) is 5.10 Å². The number of carbonyl (C=O) groups is 2. The van der Waals surface area contributed by atoms with Crippen molar-refractivity contribution in [3.05, 3.63) is 105 Å². The van der Waals surface area contributed by atoms with Crippen molar-refractivity contribution in [3.8, 4) is 11.5 Å². The first kappa shape index (κ1) is 23.2. The van der Waals surface area contributed by atoms with Crippen molar-refractivity contribution in [2.75, 3.05) is 0 Å². The highest BCUT2D eigenvalue weighted by Crippen LogP contribution is 2.23. The summed E-state index contributed by atoms with van der Waals surface area (Å²) in [7, 11) is 0. The number of ether oxygens (including phenoxy) is 1. The number of para-hydroxylation sites is 1. The number of non-ortho nitro benzene ring substituents is 1. The van der Waals surface area contributed by atoms with Gasteiger partial charge in [-0.15, -0.1) is 0 Å². The van der Waals surface area contributed by atoms with Gasteiger partial charge in [-0.3, -0.25) is 14.9 Å². The summed E-state index contributed by atoms with van der Waals surface area (Å²) in [4.78, 5) is 34.8. The molecule has 3 aromatic rings. The topological polar surface area (TPSA) is 131 Å². The van der Waals surface area contributed by atoms with Crippen LogP contribution in [0, 0.1) is 10.1 Å². The molecule has 0 radical (unpaired) electrons. The highest BCUT2D eigenvalue weighted by molar-refractivity contribution is 6.30. The minimum atomic E-state index is -0.730. The van der Waals surface area contributed by atoms with E-state index >= 15 is 0 Å². The van der Waals surface area contributed by atoms with E-state index in [4.69, 9.17) is 16.3 Å². The molecule has 0 aliphatic carbocycles. The predicted molar refractivity (Wildman–Crippen MR) is 122 cm³/mol. The number of hydrogen-bond acceptors (Lipinski definition) is 7. The van der Waals surface area contributed by atoms with Gasteiger partial charge in [0, 0.05) is 28.8 Å². The standard InChI is InChI=1S/C23H16ClN3O6/c24-17-8-5-15(6-9-17)7-12-22(29)33-21-11-10-18(27(31)32)13-16(21)14-25-26-23(30)19-3-1-2-4-20(19)28/h1-14,28H,(H,26,30)/b12-7+,25-14+. The monoisotopic (exact) mass is 465 g/mol. The van der Waals surface area contributed by atoms with Crippen LogP contribution in [0.2, 0.25) is 5.02 Å². The largest absolute Gasteiger partial charge is 0.507 e. The number of amides is 1. The minimum Gasteiger partial charge on any atom is -0.507 e. The Morgan fingerprint density at radius 2 is 1.82 bits per heavy atom. The van der Waals surface area contributed by atoms with Gasteiger partial charge in [0.1, 0.15) is 11.5 Å². The van der Waals surface area contributed by atoms with Crippen LogP contribution in [0.3, 0.4) is 0 Å². The van der Waals surface area contributed by atoms with E-state index in [-0.39, 0.29) is 28.3 Å². The molecule has 0 aliphatic rings. The van der Waals surface area contributed by atoms with Crippen LogP contribution in [-0.2, 0) is 4.79 Å². The molecular formula is C23H16ClN3O6. The lowest BCUT2D eigenvalue weighted by atomic mass is 10.2. The Labute approximate surface area is 192 Å². The molecular weight excluding hydrogens is 450 g/mol. The number of phenols is 1. The zero-order valence-corrected chi connectivity index (χ0v) is 17.6. The Kier molecular flexibility index (Phi) is 7.51. The first-order valence-corrected chi connectivity index (χ1v) is 9.76. The van der Waals surface area contributed by atoms with Crippen LogP contribution in [0.15, 0.2) is 77.9 Å². The third-order valence-corrected chi connectivity index (χ3v) is 4.47. The molecule has 0 aliphatic heterocycles. The van der Waals surface area contributed by atoms with E-state index in [0.29, 0.717) is 10.6 Å². The number of phenolic OH excluding ortho intramolecular Hbond substituents is 1. The van der Waals surface area contributed by atoms with Crippen LogP contribution in [0.4, 0.5) is 5.69 Å². The Morgan fingerprint density at radius 3 is 2.52 bits per heavy atom. The molecule has 33 heavy (non-hydrogen) atoms. The molecule has 0 saturated carbocycles. The van der Waals surface area contributed by atoms with Gasteiger partial charge in [-0.25, -0.2) is 10.2 Å². The number of halogens is 1. The molecule has 0 heterocycles. The lowest BCUT2D eigenvalue weighted by Gasteiger charge is -2.06. The molecule has 10 heteroatoms. The first-order chi connectivity index (χ1) is 15.8. The Hall–Kier alpha value is -4.50. The average Bonchev–Trinajstić information content (AvgIpc) is 2.79. The zero-order valence-electron chi connectivity index (χ0n) is 16.8. The zero-order chi connectivity index (χ0) is 23.8. The summed E-state index contributed by atoms with van der Waals surface area (Å²) in [6.45, 7) is 0. The molecule has 9 nitrogen and oxygen atoms in total. The molecule has 0 bridgehead atoms. The van der Waals surface area contributed by atoms with Crippen molar-refractivity contribution in [3.63, 3.8) is 0 Å². The number of esters is 1. The Balaban J connectivity index is 1.76. The summed E-state index contributed by atoms with van der Waals surface area (Å²) in [5.74, 6) is -1.67. The smallest absolute Gasteiger partial charge is 0.336 e. The van der Waals surface area contributed by atoms with Gasteiger partial charge in [-0.2, -0.15) is 5.10 Å². The number of benzene rings is 3. The molecule has 3 aromatic carbocycles. The highest BCUT2D eigenvalue weighted by atomic mass is 35.5. The predicted octanol–water partition coefficient (Wildman–Crippen LogP) is 4.34. The lowest BCUT2D eigenvalue weighted by molar-refractivity contribution is -0.384. The molecule has 3 rings (SSSR count). The molecule has 0 unspecified atom stereocenters. The number of hydrazone groups is 1. The van der Waals surface area contributed by atoms with Crippen molar-refractivity contribution in [1.29, 1.82) is 0 Å². The van der Waals surface area contributed by atoms with Crippen molar-refractivity contribution in [1.82, 2.24) is 5.43 Å². The highest BCUT2D eigenvalue weighted by Gasteiger charge is 2.13. The molecule has 0 saturated heterocycles. The quantitative estimate of drug-likeness (QED) is 0.133. The van der Waals surface area contributed by atoms with Gasteiger partial charge < -0.3 is 9.84 Å². The molecule has 1 amide bonds. The fraction of sp³-hybridized carbons (Fsp3) is 0. The summed E-state index contributed by atoms with van der Waals surface area (Å²) in [5, 5.41) is 25.1. The van der Waals surface area contributed by atoms with E-state index in [1.54, 1.807) is 36.4 Å². The fourth-order valence-electron chi connectivity index (χ4n) is 2.61. The number of nitro groups is 1.